The van der Waals surface area contributed by atoms with E-state index in [2.05, 4.69) is 10.1 Å². The van der Waals surface area contributed by atoms with Gasteiger partial charge in [0.2, 0.25) is 11.7 Å². The highest BCUT2D eigenvalue weighted by atomic mass is 16.5. The van der Waals surface area contributed by atoms with Crippen LogP contribution in [0.25, 0.3) is 11.4 Å². The molecule has 0 aromatic carbocycles. The number of hydrogen-bond acceptors (Lipinski definition) is 5. The minimum Gasteiger partial charge on any atom is -0.339 e. The van der Waals surface area contributed by atoms with E-state index in [9.17, 15) is 4.79 Å². The minimum absolute atomic E-state index is 0.109. The van der Waals surface area contributed by atoms with Crippen molar-refractivity contribution in [2.45, 2.75) is 6.42 Å². The first kappa shape index (κ1) is 10.6. The first-order valence-corrected chi connectivity index (χ1v) is 4.90. The molecule has 0 radical (unpaired) electrons. The predicted molar refractivity (Wildman–Crippen MR) is 57.7 cm³/mol. The van der Waals surface area contributed by atoms with Crippen LogP contribution in [0.3, 0.4) is 0 Å². The molecule has 6 nitrogen and oxygen atoms in total. The zero-order chi connectivity index (χ0) is 11.5. The fourth-order valence-electron chi connectivity index (χ4n) is 1.28. The molecule has 0 aliphatic heterocycles. The maximum atomic E-state index is 11.4. The average molecular weight is 220 g/mol. The molecule has 0 saturated heterocycles. The van der Waals surface area contributed by atoms with Crippen molar-refractivity contribution < 1.29 is 4.52 Å². The van der Waals surface area contributed by atoms with E-state index < -0.39 is 0 Å². The van der Waals surface area contributed by atoms with Crippen LogP contribution in [0.2, 0.25) is 0 Å². The highest BCUT2D eigenvalue weighted by molar-refractivity contribution is 5.52. The van der Waals surface area contributed by atoms with E-state index in [1.165, 1.54) is 10.6 Å². The van der Waals surface area contributed by atoms with Gasteiger partial charge in [0.25, 0.3) is 5.56 Å². The smallest absolute Gasteiger partial charge is 0.250 e. The second-order valence-electron chi connectivity index (χ2n) is 3.41. The van der Waals surface area contributed by atoms with Gasteiger partial charge < -0.3 is 14.8 Å². The summed E-state index contributed by atoms with van der Waals surface area (Å²) in [5, 5.41) is 3.79. The van der Waals surface area contributed by atoms with Crippen LogP contribution in [0, 0.1) is 0 Å². The molecule has 2 aromatic rings. The molecule has 0 saturated carbocycles. The van der Waals surface area contributed by atoms with Crippen LogP contribution in [-0.4, -0.2) is 21.3 Å². The monoisotopic (exact) mass is 220 g/mol. The maximum absolute atomic E-state index is 11.4. The minimum atomic E-state index is -0.109. The van der Waals surface area contributed by atoms with Crippen molar-refractivity contribution in [3.8, 4) is 11.4 Å². The van der Waals surface area contributed by atoms with E-state index >= 15 is 0 Å². The third-order valence-corrected chi connectivity index (χ3v) is 2.19. The average Bonchev–Trinajstić information content (AvgIpc) is 2.71. The lowest BCUT2D eigenvalue weighted by molar-refractivity contribution is 0.380. The van der Waals surface area contributed by atoms with Gasteiger partial charge in [0, 0.05) is 37.8 Å². The number of aryl methyl sites for hydroxylation is 1. The van der Waals surface area contributed by atoms with E-state index in [0.29, 0.717) is 30.2 Å². The zero-order valence-electron chi connectivity index (χ0n) is 8.88. The van der Waals surface area contributed by atoms with Crippen LogP contribution in [0.5, 0.6) is 0 Å². The van der Waals surface area contributed by atoms with Crippen molar-refractivity contribution in [1.29, 1.82) is 0 Å². The molecule has 0 amide bonds. The molecule has 0 aliphatic carbocycles. The molecule has 0 aliphatic rings. The highest BCUT2D eigenvalue weighted by Gasteiger charge is 2.08. The number of rotatable bonds is 3. The normalized spacial score (nSPS) is 10.6. The summed E-state index contributed by atoms with van der Waals surface area (Å²) in [4.78, 5) is 15.5. The molecule has 6 heteroatoms. The Balaban J connectivity index is 2.35. The Morgan fingerprint density at radius 1 is 1.56 bits per heavy atom. The number of aromatic nitrogens is 3. The summed E-state index contributed by atoms with van der Waals surface area (Å²) in [6, 6.07) is 3.23. The van der Waals surface area contributed by atoms with E-state index in [1.807, 2.05) is 0 Å². The number of pyridine rings is 1. The van der Waals surface area contributed by atoms with Crippen LogP contribution >= 0.6 is 0 Å². The summed E-state index contributed by atoms with van der Waals surface area (Å²) >= 11 is 0. The van der Waals surface area contributed by atoms with Crippen LogP contribution in [0.1, 0.15) is 5.89 Å². The van der Waals surface area contributed by atoms with Crippen molar-refractivity contribution >= 4 is 0 Å². The maximum Gasteiger partial charge on any atom is 0.250 e. The van der Waals surface area contributed by atoms with E-state index in [0.717, 1.165) is 0 Å². The fourth-order valence-corrected chi connectivity index (χ4v) is 1.28. The molecule has 2 N–H and O–H groups in total. The van der Waals surface area contributed by atoms with Crippen LogP contribution in [0.4, 0.5) is 0 Å². The first-order valence-electron chi connectivity index (χ1n) is 4.90. The van der Waals surface area contributed by atoms with Gasteiger partial charge in [-0.2, -0.15) is 4.98 Å². The lowest BCUT2D eigenvalue weighted by Gasteiger charge is -1.96. The van der Waals surface area contributed by atoms with E-state index in [-0.39, 0.29) is 5.56 Å². The second-order valence-corrected chi connectivity index (χ2v) is 3.41. The van der Waals surface area contributed by atoms with Crippen molar-refractivity contribution in [3.05, 3.63) is 34.6 Å². The molecule has 0 atom stereocenters. The Hall–Kier alpha value is -1.95. The van der Waals surface area contributed by atoms with E-state index in [1.54, 1.807) is 19.3 Å². The van der Waals surface area contributed by atoms with Gasteiger partial charge >= 0.3 is 0 Å². The summed E-state index contributed by atoms with van der Waals surface area (Å²) in [6.07, 6.45) is 2.20. The predicted octanol–water partition coefficient (Wildman–Crippen LogP) is -0.0635. The molecule has 0 bridgehead atoms. The van der Waals surface area contributed by atoms with Gasteiger partial charge in [0.15, 0.2) is 0 Å². The summed E-state index contributed by atoms with van der Waals surface area (Å²) in [7, 11) is 1.68. The van der Waals surface area contributed by atoms with E-state index in [4.69, 9.17) is 10.3 Å². The SMILES string of the molecule is Cn1ccc(-c2noc(CCN)n2)cc1=O. The molecule has 2 rings (SSSR count). The summed E-state index contributed by atoms with van der Waals surface area (Å²) < 4.78 is 6.46. The standard InChI is InChI=1S/C10H12N4O2/c1-14-5-3-7(6-9(14)15)10-12-8(2-4-11)16-13-10/h3,5-6H,2,4,11H2,1H3. The highest BCUT2D eigenvalue weighted by Crippen LogP contribution is 2.12. The number of nitrogens with two attached hydrogens (primary N) is 1. The van der Waals surface area contributed by atoms with Crippen molar-refractivity contribution in [3.63, 3.8) is 0 Å². The Bertz CT molecular complexity index is 544. The van der Waals surface area contributed by atoms with Crippen molar-refractivity contribution in [1.82, 2.24) is 14.7 Å². The van der Waals surface area contributed by atoms with Gasteiger partial charge in [-0.15, -0.1) is 0 Å². The van der Waals surface area contributed by atoms with Gasteiger partial charge in [-0.1, -0.05) is 5.16 Å². The van der Waals surface area contributed by atoms with Crippen LogP contribution < -0.4 is 11.3 Å². The lowest BCUT2D eigenvalue weighted by atomic mass is 10.2. The third-order valence-electron chi connectivity index (χ3n) is 2.19. The number of hydrogen-bond donors (Lipinski definition) is 1. The largest absolute Gasteiger partial charge is 0.339 e. The molecular weight excluding hydrogens is 208 g/mol. The lowest BCUT2D eigenvalue weighted by Crippen LogP contribution is -2.14. The molecule has 2 aromatic heterocycles. The summed E-state index contributed by atoms with van der Waals surface area (Å²) in [5.74, 6) is 0.902. The Kier molecular flexibility index (Phi) is 2.82. The fraction of sp³-hybridized carbons (Fsp3) is 0.300. The van der Waals surface area contributed by atoms with Crippen LogP contribution in [-0.2, 0) is 13.5 Å². The quantitative estimate of drug-likeness (QED) is 0.782. The first-order chi connectivity index (χ1) is 7.70. The van der Waals surface area contributed by atoms with Gasteiger partial charge in [0.05, 0.1) is 0 Å². The molecule has 2 heterocycles. The Morgan fingerprint density at radius 3 is 3.06 bits per heavy atom. The van der Waals surface area contributed by atoms with Crippen LogP contribution in [0.15, 0.2) is 27.6 Å². The van der Waals surface area contributed by atoms with Gasteiger partial charge in [-0.05, 0) is 6.07 Å². The summed E-state index contributed by atoms with van der Waals surface area (Å²) in [6.45, 7) is 0.457. The molecule has 84 valence electrons. The molecule has 0 fully saturated rings. The summed E-state index contributed by atoms with van der Waals surface area (Å²) in [5.41, 5.74) is 5.91. The zero-order valence-corrected chi connectivity index (χ0v) is 8.88. The molecular formula is C10H12N4O2. The Morgan fingerprint density at radius 2 is 2.38 bits per heavy atom. The third kappa shape index (κ3) is 2.01. The molecule has 0 spiro atoms. The number of nitrogens with zero attached hydrogens (tertiary/aromatic N) is 3. The topological polar surface area (TPSA) is 86.9 Å². The van der Waals surface area contributed by atoms with Gasteiger partial charge in [-0.3, -0.25) is 4.79 Å². The Labute approximate surface area is 91.7 Å². The molecule has 16 heavy (non-hydrogen) atoms. The molecule has 0 unspecified atom stereocenters. The van der Waals surface area contributed by atoms with Crippen molar-refractivity contribution in [2.24, 2.45) is 12.8 Å². The van der Waals surface area contributed by atoms with Crippen molar-refractivity contribution in [2.75, 3.05) is 6.54 Å². The van der Waals surface area contributed by atoms with Gasteiger partial charge in [-0.25, -0.2) is 0 Å². The van der Waals surface area contributed by atoms with Gasteiger partial charge in [0.1, 0.15) is 0 Å². The second kappa shape index (κ2) is 4.28.